The summed E-state index contributed by atoms with van der Waals surface area (Å²) in [5.41, 5.74) is 0.269. The maximum absolute atomic E-state index is 14.0. The average molecular weight is 306 g/mol. The largest absolute Gasteiger partial charge is 0.491 e. The van der Waals surface area contributed by atoms with Gasteiger partial charge in [-0.25, -0.2) is 4.39 Å². The minimum Gasteiger partial charge on any atom is -0.491 e. The number of halogens is 2. The molecule has 0 fully saturated rings. The molecule has 22 heavy (non-hydrogen) atoms. The van der Waals surface area contributed by atoms with E-state index in [1.807, 2.05) is 6.08 Å². The number of benzene rings is 1. The van der Waals surface area contributed by atoms with Crippen LogP contribution in [0.5, 0.6) is 5.75 Å². The summed E-state index contributed by atoms with van der Waals surface area (Å²) < 4.78 is 32.8. The van der Waals surface area contributed by atoms with E-state index < -0.39 is 11.6 Å². The molecule has 120 valence electrons. The highest BCUT2D eigenvalue weighted by Gasteiger charge is 2.15. The lowest BCUT2D eigenvalue weighted by Gasteiger charge is -2.20. The van der Waals surface area contributed by atoms with Crippen molar-refractivity contribution in [2.75, 3.05) is 6.61 Å². The predicted octanol–water partition coefficient (Wildman–Crippen LogP) is 5.76. The van der Waals surface area contributed by atoms with E-state index >= 15 is 0 Å². The van der Waals surface area contributed by atoms with E-state index in [9.17, 15) is 8.78 Å². The highest BCUT2D eigenvalue weighted by atomic mass is 19.2. The molecule has 3 heteroatoms. The first-order chi connectivity index (χ1) is 10.7. The van der Waals surface area contributed by atoms with Crippen LogP contribution in [-0.4, -0.2) is 6.61 Å². The van der Waals surface area contributed by atoms with E-state index in [1.54, 1.807) is 19.1 Å². The highest BCUT2D eigenvalue weighted by Crippen LogP contribution is 2.28. The van der Waals surface area contributed by atoms with E-state index in [-0.39, 0.29) is 11.3 Å². The summed E-state index contributed by atoms with van der Waals surface area (Å²) >= 11 is 0. The fourth-order valence-electron chi connectivity index (χ4n) is 2.84. The first-order valence-corrected chi connectivity index (χ1v) is 8.13. The SMILES string of the molecule is CCCC1C=CC(/C=C/c2ccc(OCC)c(F)c2F)CC1. The van der Waals surface area contributed by atoms with Crippen molar-refractivity contribution in [3.05, 3.63) is 47.6 Å². The second-order valence-electron chi connectivity index (χ2n) is 5.75. The summed E-state index contributed by atoms with van der Waals surface area (Å²) in [4.78, 5) is 0. The summed E-state index contributed by atoms with van der Waals surface area (Å²) in [5, 5.41) is 0. The van der Waals surface area contributed by atoms with Crippen LogP contribution in [0.25, 0.3) is 6.08 Å². The molecule has 1 aromatic rings. The topological polar surface area (TPSA) is 9.23 Å². The number of hydrogen-bond acceptors (Lipinski definition) is 1. The zero-order valence-corrected chi connectivity index (χ0v) is 13.3. The fraction of sp³-hybridized carbons (Fsp3) is 0.474. The van der Waals surface area contributed by atoms with Crippen LogP contribution in [0.3, 0.4) is 0 Å². The Bertz CT molecular complexity index is 549. The summed E-state index contributed by atoms with van der Waals surface area (Å²) in [7, 11) is 0. The molecule has 1 aliphatic rings. The second kappa shape index (κ2) is 8.11. The molecule has 0 saturated heterocycles. The molecule has 2 atom stereocenters. The van der Waals surface area contributed by atoms with Crippen LogP contribution < -0.4 is 4.74 Å². The molecule has 1 nitrogen and oxygen atoms in total. The third-order valence-electron chi connectivity index (χ3n) is 4.06. The van der Waals surface area contributed by atoms with Gasteiger partial charge in [0.05, 0.1) is 6.61 Å². The Morgan fingerprint density at radius 1 is 1.14 bits per heavy atom. The predicted molar refractivity (Wildman–Crippen MR) is 86.8 cm³/mol. The van der Waals surface area contributed by atoms with Crippen LogP contribution in [0.4, 0.5) is 8.78 Å². The molecular formula is C19H24F2O. The van der Waals surface area contributed by atoms with E-state index in [0.29, 0.717) is 18.4 Å². The Kier molecular flexibility index (Phi) is 6.17. The zero-order valence-electron chi connectivity index (χ0n) is 13.3. The molecule has 1 aliphatic carbocycles. The van der Waals surface area contributed by atoms with Gasteiger partial charge < -0.3 is 4.74 Å². The molecule has 0 spiro atoms. The van der Waals surface area contributed by atoms with Gasteiger partial charge in [-0.1, -0.05) is 37.6 Å². The quantitative estimate of drug-likeness (QED) is 0.607. The Labute approximate surface area is 131 Å². The maximum atomic E-state index is 14.0. The molecule has 0 aliphatic heterocycles. The Morgan fingerprint density at radius 2 is 1.95 bits per heavy atom. The van der Waals surface area contributed by atoms with E-state index in [0.717, 1.165) is 6.42 Å². The van der Waals surface area contributed by atoms with Crippen LogP contribution in [0.15, 0.2) is 30.4 Å². The monoisotopic (exact) mass is 306 g/mol. The van der Waals surface area contributed by atoms with Crippen molar-refractivity contribution >= 4 is 6.08 Å². The fourth-order valence-corrected chi connectivity index (χ4v) is 2.84. The summed E-state index contributed by atoms with van der Waals surface area (Å²) in [6.45, 7) is 4.26. The lowest BCUT2D eigenvalue weighted by molar-refractivity contribution is 0.314. The van der Waals surface area contributed by atoms with Gasteiger partial charge in [-0.2, -0.15) is 4.39 Å². The number of rotatable bonds is 6. The van der Waals surface area contributed by atoms with Gasteiger partial charge in [0.1, 0.15) is 0 Å². The van der Waals surface area contributed by atoms with Crippen molar-refractivity contribution in [2.24, 2.45) is 11.8 Å². The molecule has 0 radical (unpaired) electrons. The molecule has 0 aromatic heterocycles. The molecule has 0 N–H and O–H groups in total. The molecular weight excluding hydrogens is 282 g/mol. The number of allylic oxidation sites excluding steroid dienone is 3. The molecule has 0 amide bonds. The van der Waals surface area contributed by atoms with Gasteiger partial charge in [-0.05, 0) is 50.2 Å². The smallest absolute Gasteiger partial charge is 0.201 e. The van der Waals surface area contributed by atoms with Crippen LogP contribution in [-0.2, 0) is 0 Å². The van der Waals surface area contributed by atoms with Crippen LogP contribution in [0, 0.1) is 23.5 Å². The van der Waals surface area contributed by atoms with E-state index in [4.69, 9.17) is 4.74 Å². The van der Waals surface area contributed by atoms with E-state index in [2.05, 4.69) is 19.1 Å². The van der Waals surface area contributed by atoms with Crippen molar-refractivity contribution in [3.8, 4) is 5.75 Å². The van der Waals surface area contributed by atoms with Crippen molar-refractivity contribution in [1.29, 1.82) is 0 Å². The Balaban J connectivity index is 2.05. The summed E-state index contributed by atoms with van der Waals surface area (Å²) in [5.74, 6) is -0.800. The minimum atomic E-state index is -0.911. The molecule has 2 unspecified atom stereocenters. The van der Waals surface area contributed by atoms with Gasteiger partial charge in [0, 0.05) is 5.56 Å². The average Bonchev–Trinajstić information content (AvgIpc) is 2.53. The van der Waals surface area contributed by atoms with Crippen molar-refractivity contribution in [2.45, 2.75) is 39.5 Å². The van der Waals surface area contributed by atoms with Gasteiger partial charge >= 0.3 is 0 Å². The van der Waals surface area contributed by atoms with Crippen LogP contribution in [0.1, 0.15) is 45.1 Å². The molecule has 1 aromatic carbocycles. The summed E-state index contributed by atoms with van der Waals surface area (Å²) in [6, 6.07) is 3.04. The second-order valence-corrected chi connectivity index (χ2v) is 5.75. The molecule has 2 rings (SSSR count). The van der Waals surface area contributed by atoms with Crippen molar-refractivity contribution in [3.63, 3.8) is 0 Å². The third-order valence-corrected chi connectivity index (χ3v) is 4.06. The van der Waals surface area contributed by atoms with Gasteiger partial charge in [-0.3, -0.25) is 0 Å². The number of ether oxygens (including phenoxy) is 1. The van der Waals surface area contributed by atoms with Gasteiger partial charge in [-0.15, -0.1) is 0 Å². The maximum Gasteiger partial charge on any atom is 0.201 e. The lowest BCUT2D eigenvalue weighted by Crippen LogP contribution is -2.06. The first-order valence-electron chi connectivity index (χ1n) is 8.13. The highest BCUT2D eigenvalue weighted by molar-refractivity contribution is 5.52. The van der Waals surface area contributed by atoms with Crippen molar-refractivity contribution < 1.29 is 13.5 Å². The van der Waals surface area contributed by atoms with Gasteiger partial charge in [0.2, 0.25) is 5.82 Å². The van der Waals surface area contributed by atoms with Crippen LogP contribution >= 0.6 is 0 Å². The van der Waals surface area contributed by atoms with E-state index in [1.165, 1.54) is 25.3 Å². The number of hydrogen-bond donors (Lipinski definition) is 0. The minimum absolute atomic E-state index is 0.0304. The summed E-state index contributed by atoms with van der Waals surface area (Å²) in [6.07, 6.45) is 12.7. The third kappa shape index (κ3) is 4.19. The lowest BCUT2D eigenvalue weighted by atomic mass is 9.86. The zero-order chi connectivity index (χ0) is 15.9. The van der Waals surface area contributed by atoms with Gasteiger partial charge in [0.25, 0.3) is 0 Å². The van der Waals surface area contributed by atoms with Crippen molar-refractivity contribution in [1.82, 2.24) is 0 Å². The standard InChI is InChI=1S/C19H24F2O/c1-3-5-14-6-8-15(9-7-14)10-11-16-12-13-17(22-4-2)19(21)18(16)20/h6,8,10-15H,3-5,7,9H2,1-2H3/b11-10+. The first kappa shape index (κ1) is 16.7. The molecule has 0 heterocycles. The Hall–Kier alpha value is -1.64. The normalized spacial score (nSPS) is 21.5. The molecule has 0 bridgehead atoms. The van der Waals surface area contributed by atoms with Gasteiger partial charge in [0.15, 0.2) is 11.6 Å². The Morgan fingerprint density at radius 3 is 2.59 bits per heavy atom. The van der Waals surface area contributed by atoms with Crippen LogP contribution in [0.2, 0.25) is 0 Å². The molecule has 0 saturated carbocycles.